The molecule has 144 valence electrons. The molecule has 0 heterocycles. The molecule has 0 bridgehead atoms. The second kappa shape index (κ2) is 10.1. The number of benzene rings is 3. The van der Waals surface area contributed by atoms with E-state index in [9.17, 15) is 4.79 Å². The first-order valence-electron chi connectivity index (χ1n) is 9.12. The van der Waals surface area contributed by atoms with Crippen LogP contribution < -0.4 is 14.8 Å². The van der Waals surface area contributed by atoms with Gasteiger partial charge in [0.1, 0.15) is 24.7 Å². The number of carbonyl (C=O) groups excluding carboxylic acids is 1. The SMILES string of the molecule is O=C(NCCO)c1ccc(COc2cccc(OCc3ccccc3)c2)cc1. The first kappa shape index (κ1) is 19.5. The van der Waals surface area contributed by atoms with E-state index in [0.29, 0.717) is 18.8 Å². The maximum atomic E-state index is 11.8. The molecule has 0 unspecified atom stereocenters. The van der Waals surface area contributed by atoms with Crippen molar-refractivity contribution in [3.05, 3.63) is 95.6 Å². The smallest absolute Gasteiger partial charge is 0.251 e. The molecule has 1 amide bonds. The summed E-state index contributed by atoms with van der Waals surface area (Å²) in [6.45, 7) is 1.06. The molecule has 0 atom stereocenters. The highest BCUT2D eigenvalue weighted by atomic mass is 16.5. The molecule has 0 radical (unpaired) electrons. The van der Waals surface area contributed by atoms with E-state index in [1.165, 1.54) is 0 Å². The van der Waals surface area contributed by atoms with E-state index in [1.54, 1.807) is 12.1 Å². The monoisotopic (exact) mass is 377 g/mol. The summed E-state index contributed by atoms with van der Waals surface area (Å²) in [5.74, 6) is 1.26. The quantitative estimate of drug-likeness (QED) is 0.598. The van der Waals surface area contributed by atoms with Crippen LogP contribution in [0.1, 0.15) is 21.5 Å². The van der Waals surface area contributed by atoms with E-state index in [4.69, 9.17) is 14.6 Å². The molecule has 0 fully saturated rings. The van der Waals surface area contributed by atoms with Crippen molar-refractivity contribution in [3.8, 4) is 11.5 Å². The molecule has 2 N–H and O–H groups in total. The Bertz CT molecular complexity index is 879. The number of hydrogen-bond acceptors (Lipinski definition) is 4. The largest absolute Gasteiger partial charge is 0.489 e. The molecule has 0 aromatic heterocycles. The number of aliphatic hydroxyl groups is 1. The zero-order chi connectivity index (χ0) is 19.6. The van der Waals surface area contributed by atoms with Gasteiger partial charge >= 0.3 is 0 Å². The molecule has 5 heteroatoms. The topological polar surface area (TPSA) is 67.8 Å². The average molecular weight is 377 g/mol. The molecule has 5 nitrogen and oxygen atoms in total. The lowest BCUT2D eigenvalue weighted by atomic mass is 10.1. The third kappa shape index (κ3) is 5.86. The van der Waals surface area contributed by atoms with Gasteiger partial charge < -0.3 is 19.9 Å². The minimum Gasteiger partial charge on any atom is -0.489 e. The highest BCUT2D eigenvalue weighted by Crippen LogP contribution is 2.21. The Balaban J connectivity index is 1.52. The van der Waals surface area contributed by atoms with Gasteiger partial charge in [-0.3, -0.25) is 4.79 Å². The first-order chi connectivity index (χ1) is 13.7. The van der Waals surface area contributed by atoms with Gasteiger partial charge in [0.2, 0.25) is 0 Å². The van der Waals surface area contributed by atoms with Gasteiger partial charge in [0.25, 0.3) is 5.91 Å². The zero-order valence-electron chi connectivity index (χ0n) is 15.5. The summed E-state index contributed by atoms with van der Waals surface area (Å²) in [6.07, 6.45) is 0. The molecule has 0 saturated heterocycles. The summed E-state index contributed by atoms with van der Waals surface area (Å²) in [4.78, 5) is 11.8. The molecule has 3 rings (SSSR count). The van der Waals surface area contributed by atoms with Gasteiger partial charge in [-0.15, -0.1) is 0 Å². The van der Waals surface area contributed by atoms with Crippen molar-refractivity contribution in [1.82, 2.24) is 5.32 Å². The van der Waals surface area contributed by atoms with Crippen molar-refractivity contribution in [2.45, 2.75) is 13.2 Å². The molecule has 0 spiro atoms. The highest BCUT2D eigenvalue weighted by molar-refractivity contribution is 5.94. The van der Waals surface area contributed by atoms with Crippen LogP contribution in [0, 0.1) is 0 Å². The van der Waals surface area contributed by atoms with Crippen LogP contribution in [0.25, 0.3) is 0 Å². The van der Waals surface area contributed by atoms with E-state index in [0.717, 1.165) is 22.6 Å². The fourth-order valence-electron chi connectivity index (χ4n) is 2.59. The normalized spacial score (nSPS) is 10.3. The fourth-order valence-corrected chi connectivity index (χ4v) is 2.59. The molecule has 0 aliphatic heterocycles. The van der Waals surface area contributed by atoms with Crippen LogP contribution in [0.3, 0.4) is 0 Å². The van der Waals surface area contributed by atoms with Crippen molar-refractivity contribution in [2.24, 2.45) is 0 Å². The average Bonchev–Trinajstić information content (AvgIpc) is 2.76. The van der Waals surface area contributed by atoms with Gasteiger partial charge in [-0.1, -0.05) is 48.5 Å². The standard InChI is InChI=1S/C23H23NO4/c25-14-13-24-23(26)20-11-9-19(10-12-20)17-28-22-8-4-7-21(15-22)27-16-18-5-2-1-3-6-18/h1-12,15,25H,13-14,16-17H2,(H,24,26). The fraction of sp³-hybridized carbons (Fsp3) is 0.174. The lowest BCUT2D eigenvalue weighted by Gasteiger charge is -2.10. The molecule has 0 aliphatic carbocycles. The number of carbonyl (C=O) groups is 1. The number of ether oxygens (including phenoxy) is 2. The highest BCUT2D eigenvalue weighted by Gasteiger charge is 2.05. The third-order valence-electron chi connectivity index (χ3n) is 4.07. The molecule has 0 aliphatic rings. The number of amides is 1. The number of nitrogens with one attached hydrogen (secondary N) is 1. The first-order valence-corrected chi connectivity index (χ1v) is 9.12. The lowest BCUT2D eigenvalue weighted by Crippen LogP contribution is -2.26. The Morgan fingerprint density at radius 2 is 1.39 bits per heavy atom. The second-order valence-electron chi connectivity index (χ2n) is 6.21. The van der Waals surface area contributed by atoms with Crippen LogP contribution in [0.5, 0.6) is 11.5 Å². The van der Waals surface area contributed by atoms with E-state index in [2.05, 4.69) is 5.32 Å². The van der Waals surface area contributed by atoms with Crippen molar-refractivity contribution in [3.63, 3.8) is 0 Å². The molecule has 0 saturated carbocycles. The van der Waals surface area contributed by atoms with Crippen LogP contribution in [-0.2, 0) is 13.2 Å². The van der Waals surface area contributed by atoms with Crippen molar-refractivity contribution in [2.75, 3.05) is 13.2 Å². The van der Waals surface area contributed by atoms with Gasteiger partial charge in [0.15, 0.2) is 0 Å². The summed E-state index contributed by atoms with van der Waals surface area (Å²) in [6, 6.07) is 24.7. The predicted octanol–water partition coefficient (Wildman–Crippen LogP) is 3.57. The number of hydrogen-bond donors (Lipinski definition) is 2. The van der Waals surface area contributed by atoms with Crippen molar-refractivity contribution >= 4 is 5.91 Å². The molecule has 3 aromatic carbocycles. The number of aliphatic hydroxyl groups excluding tert-OH is 1. The summed E-state index contributed by atoms with van der Waals surface area (Å²) in [5, 5.41) is 11.4. The Hall–Kier alpha value is -3.31. The Kier molecular flexibility index (Phi) is 7.04. The third-order valence-corrected chi connectivity index (χ3v) is 4.07. The van der Waals surface area contributed by atoms with Gasteiger partial charge in [0, 0.05) is 18.2 Å². The zero-order valence-corrected chi connectivity index (χ0v) is 15.5. The number of rotatable bonds is 9. The van der Waals surface area contributed by atoms with Gasteiger partial charge in [-0.25, -0.2) is 0 Å². The molecule has 28 heavy (non-hydrogen) atoms. The lowest BCUT2D eigenvalue weighted by molar-refractivity contribution is 0.0944. The predicted molar refractivity (Wildman–Crippen MR) is 107 cm³/mol. The van der Waals surface area contributed by atoms with Crippen LogP contribution in [0.4, 0.5) is 0 Å². The Morgan fingerprint density at radius 3 is 2.00 bits per heavy atom. The van der Waals surface area contributed by atoms with Crippen molar-refractivity contribution < 1.29 is 19.4 Å². The summed E-state index contributed by atoms with van der Waals surface area (Å²) in [5.41, 5.74) is 2.61. The van der Waals surface area contributed by atoms with Crippen LogP contribution >= 0.6 is 0 Å². The van der Waals surface area contributed by atoms with Crippen LogP contribution in [0.2, 0.25) is 0 Å². The van der Waals surface area contributed by atoms with Crippen molar-refractivity contribution in [1.29, 1.82) is 0 Å². The minimum atomic E-state index is -0.204. The second-order valence-corrected chi connectivity index (χ2v) is 6.21. The summed E-state index contributed by atoms with van der Waals surface area (Å²) >= 11 is 0. The molecule has 3 aromatic rings. The van der Waals surface area contributed by atoms with E-state index in [1.807, 2.05) is 66.7 Å². The molecular formula is C23H23NO4. The van der Waals surface area contributed by atoms with E-state index < -0.39 is 0 Å². The summed E-state index contributed by atoms with van der Waals surface area (Å²) in [7, 11) is 0. The Labute approximate surface area is 164 Å². The molecular weight excluding hydrogens is 354 g/mol. The Morgan fingerprint density at radius 1 is 0.786 bits per heavy atom. The van der Waals surface area contributed by atoms with Crippen LogP contribution in [-0.4, -0.2) is 24.2 Å². The van der Waals surface area contributed by atoms with E-state index >= 15 is 0 Å². The maximum Gasteiger partial charge on any atom is 0.251 e. The van der Waals surface area contributed by atoms with Gasteiger partial charge in [-0.2, -0.15) is 0 Å². The van der Waals surface area contributed by atoms with Gasteiger partial charge in [0.05, 0.1) is 6.61 Å². The summed E-state index contributed by atoms with van der Waals surface area (Å²) < 4.78 is 11.7. The minimum absolute atomic E-state index is 0.0776. The van der Waals surface area contributed by atoms with Gasteiger partial charge in [-0.05, 0) is 35.4 Å². The maximum absolute atomic E-state index is 11.8. The van der Waals surface area contributed by atoms with Crippen LogP contribution in [0.15, 0.2) is 78.9 Å². The van der Waals surface area contributed by atoms with E-state index in [-0.39, 0.29) is 19.1 Å².